The summed E-state index contributed by atoms with van der Waals surface area (Å²) in [5.41, 5.74) is 1.36. The third kappa shape index (κ3) is 3.56. The monoisotopic (exact) mass is 262 g/mol. The number of piperidine rings is 1. The molecule has 0 spiro atoms. The molecule has 0 bridgehead atoms. The van der Waals surface area contributed by atoms with Crippen LogP contribution in [-0.4, -0.2) is 44.3 Å². The molecule has 2 rings (SSSR count). The van der Waals surface area contributed by atoms with E-state index in [0.29, 0.717) is 18.2 Å². The SMILES string of the molecule is CNC(c1ccccc1)C(C)N1CCCC(OC)C1. The summed E-state index contributed by atoms with van der Waals surface area (Å²) in [6, 6.07) is 11.6. The number of benzene rings is 1. The van der Waals surface area contributed by atoms with Crippen molar-refractivity contribution in [2.24, 2.45) is 0 Å². The molecule has 3 atom stereocenters. The molecule has 1 saturated heterocycles. The molecule has 1 aliphatic rings. The molecular formula is C16H26N2O. The Kier molecular flexibility index (Phi) is 5.37. The smallest absolute Gasteiger partial charge is 0.0698 e. The van der Waals surface area contributed by atoms with Crippen LogP contribution in [0.4, 0.5) is 0 Å². The van der Waals surface area contributed by atoms with Crippen LogP contribution in [0.1, 0.15) is 31.4 Å². The average Bonchev–Trinajstić information content (AvgIpc) is 2.49. The van der Waals surface area contributed by atoms with E-state index in [9.17, 15) is 0 Å². The minimum Gasteiger partial charge on any atom is -0.380 e. The molecule has 1 N–H and O–H groups in total. The van der Waals surface area contributed by atoms with Crippen molar-refractivity contribution in [3.05, 3.63) is 35.9 Å². The van der Waals surface area contributed by atoms with Crippen molar-refractivity contribution in [1.82, 2.24) is 10.2 Å². The molecule has 1 aromatic carbocycles. The average molecular weight is 262 g/mol. The maximum Gasteiger partial charge on any atom is 0.0698 e. The number of likely N-dealkylation sites (N-methyl/N-ethyl adjacent to an activating group) is 1. The van der Waals surface area contributed by atoms with Gasteiger partial charge in [0.25, 0.3) is 0 Å². The van der Waals surface area contributed by atoms with Gasteiger partial charge >= 0.3 is 0 Å². The van der Waals surface area contributed by atoms with E-state index in [1.807, 2.05) is 14.2 Å². The first-order chi connectivity index (χ1) is 9.26. The first-order valence-corrected chi connectivity index (χ1v) is 7.25. The van der Waals surface area contributed by atoms with Crippen LogP contribution in [0.2, 0.25) is 0 Å². The van der Waals surface area contributed by atoms with Gasteiger partial charge in [0.15, 0.2) is 0 Å². The summed E-state index contributed by atoms with van der Waals surface area (Å²) in [5, 5.41) is 3.47. The fourth-order valence-corrected chi connectivity index (χ4v) is 3.09. The maximum atomic E-state index is 5.53. The van der Waals surface area contributed by atoms with Crippen LogP contribution in [0.25, 0.3) is 0 Å². The molecule has 0 amide bonds. The van der Waals surface area contributed by atoms with Crippen molar-refractivity contribution >= 4 is 0 Å². The largest absolute Gasteiger partial charge is 0.380 e. The summed E-state index contributed by atoms with van der Waals surface area (Å²) in [5.74, 6) is 0. The van der Waals surface area contributed by atoms with Gasteiger partial charge in [0.2, 0.25) is 0 Å². The van der Waals surface area contributed by atoms with Gasteiger partial charge in [0.1, 0.15) is 0 Å². The van der Waals surface area contributed by atoms with Crippen LogP contribution in [0.5, 0.6) is 0 Å². The highest BCUT2D eigenvalue weighted by atomic mass is 16.5. The highest BCUT2D eigenvalue weighted by molar-refractivity contribution is 5.20. The highest BCUT2D eigenvalue weighted by Crippen LogP contribution is 2.24. The number of ether oxygens (including phenoxy) is 1. The predicted octanol–water partition coefficient (Wildman–Crippen LogP) is 2.45. The Morgan fingerprint density at radius 1 is 1.32 bits per heavy atom. The van der Waals surface area contributed by atoms with Crippen molar-refractivity contribution in [2.45, 2.75) is 38.0 Å². The van der Waals surface area contributed by atoms with Gasteiger partial charge in [-0.3, -0.25) is 4.90 Å². The zero-order chi connectivity index (χ0) is 13.7. The summed E-state index contributed by atoms with van der Waals surface area (Å²) in [7, 11) is 3.87. The van der Waals surface area contributed by atoms with Crippen LogP contribution in [-0.2, 0) is 4.74 Å². The molecule has 0 saturated carbocycles. The molecule has 3 unspecified atom stereocenters. The van der Waals surface area contributed by atoms with E-state index >= 15 is 0 Å². The minimum absolute atomic E-state index is 0.372. The Bertz CT molecular complexity index is 368. The number of nitrogens with zero attached hydrogens (tertiary/aromatic N) is 1. The molecule has 3 heteroatoms. The van der Waals surface area contributed by atoms with E-state index in [2.05, 4.69) is 47.5 Å². The predicted molar refractivity (Wildman–Crippen MR) is 79.3 cm³/mol. The zero-order valence-corrected chi connectivity index (χ0v) is 12.3. The number of rotatable bonds is 5. The van der Waals surface area contributed by atoms with Gasteiger partial charge in [0.05, 0.1) is 6.10 Å². The van der Waals surface area contributed by atoms with E-state index in [4.69, 9.17) is 4.74 Å². The molecule has 1 fully saturated rings. The molecule has 1 aliphatic heterocycles. The normalized spacial score (nSPS) is 24.1. The molecule has 0 aromatic heterocycles. The van der Waals surface area contributed by atoms with Crippen molar-refractivity contribution < 1.29 is 4.74 Å². The fraction of sp³-hybridized carbons (Fsp3) is 0.625. The molecular weight excluding hydrogens is 236 g/mol. The van der Waals surface area contributed by atoms with Crippen molar-refractivity contribution in [3.63, 3.8) is 0 Å². The number of nitrogens with one attached hydrogen (secondary N) is 1. The minimum atomic E-state index is 0.372. The molecule has 1 aromatic rings. The van der Waals surface area contributed by atoms with Gasteiger partial charge in [-0.25, -0.2) is 0 Å². The summed E-state index contributed by atoms with van der Waals surface area (Å²) in [6.07, 6.45) is 2.81. The second-order valence-corrected chi connectivity index (χ2v) is 5.41. The Labute approximate surface area is 116 Å². The molecule has 0 radical (unpaired) electrons. The maximum absolute atomic E-state index is 5.53. The van der Waals surface area contributed by atoms with E-state index in [1.54, 1.807) is 0 Å². The molecule has 0 aliphatic carbocycles. The van der Waals surface area contributed by atoms with E-state index in [0.717, 1.165) is 6.54 Å². The first-order valence-electron chi connectivity index (χ1n) is 7.25. The molecule has 3 nitrogen and oxygen atoms in total. The van der Waals surface area contributed by atoms with Gasteiger partial charge in [-0.05, 0) is 38.9 Å². The summed E-state index contributed by atoms with van der Waals surface area (Å²) < 4.78 is 5.53. The van der Waals surface area contributed by atoms with Crippen LogP contribution in [0.15, 0.2) is 30.3 Å². The summed E-state index contributed by atoms with van der Waals surface area (Å²) in [6.45, 7) is 4.53. The first kappa shape index (κ1) is 14.5. The van der Waals surface area contributed by atoms with Crippen LogP contribution in [0, 0.1) is 0 Å². The molecule has 1 heterocycles. The summed E-state index contributed by atoms with van der Waals surface area (Å²) in [4.78, 5) is 2.55. The zero-order valence-electron chi connectivity index (χ0n) is 12.3. The van der Waals surface area contributed by atoms with Crippen molar-refractivity contribution in [2.75, 3.05) is 27.2 Å². The van der Waals surface area contributed by atoms with E-state index in [1.165, 1.54) is 24.9 Å². The van der Waals surface area contributed by atoms with Crippen LogP contribution >= 0.6 is 0 Å². The topological polar surface area (TPSA) is 24.5 Å². The van der Waals surface area contributed by atoms with Crippen LogP contribution in [0.3, 0.4) is 0 Å². The lowest BCUT2D eigenvalue weighted by Gasteiger charge is -2.39. The number of likely N-dealkylation sites (tertiary alicyclic amines) is 1. The number of methoxy groups -OCH3 is 1. The second kappa shape index (κ2) is 7.04. The van der Waals surface area contributed by atoms with Crippen molar-refractivity contribution in [1.29, 1.82) is 0 Å². The Balaban J connectivity index is 2.06. The fourth-order valence-electron chi connectivity index (χ4n) is 3.09. The summed E-state index contributed by atoms with van der Waals surface area (Å²) >= 11 is 0. The van der Waals surface area contributed by atoms with Gasteiger partial charge in [0, 0.05) is 25.7 Å². The molecule has 106 valence electrons. The Morgan fingerprint density at radius 2 is 2.05 bits per heavy atom. The van der Waals surface area contributed by atoms with E-state index in [-0.39, 0.29) is 0 Å². The highest BCUT2D eigenvalue weighted by Gasteiger charge is 2.28. The quantitative estimate of drug-likeness (QED) is 0.882. The van der Waals surface area contributed by atoms with Gasteiger partial charge in [-0.2, -0.15) is 0 Å². The number of hydrogen-bond acceptors (Lipinski definition) is 3. The lowest BCUT2D eigenvalue weighted by molar-refractivity contribution is 0.0111. The number of hydrogen-bond donors (Lipinski definition) is 1. The third-order valence-electron chi connectivity index (χ3n) is 4.27. The van der Waals surface area contributed by atoms with Gasteiger partial charge in [-0.15, -0.1) is 0 Å². The van der Waals surface area contributed by atoms with E-state index < -0.39 is 0 Å². The molecule has 19 heavy (non-hydrogen) atoms. The van der Waals surface area contributed by atoms with Gasteiger partial charge in [-0.1, -0.05) is 30.3 Å². The lowest BCUT2D eigenvalue weighted by atomic mass is 9.97. The van der Waals surface area contributed by atoms with Crippen molar-refractivity contribution in [3.8, 4) is 0 Å². The Hall–Kier alpha value is -0.900. The third-order valence-corrected chi connectivity index (χ3v) is 4.27. The standard InChI is InChI=1S/C16H26N2O/c1-13(18-11-7-10-15(12-18)19-3)16(17-2)14-8-5-4-6-9-14/h4-6,8-9,13,15-17H,7,10-12H2,1-3H3. The Morgan fingerprint density at radius 3 is 2.68 bits per heavy atom. The second-order valence-electron chi connectivity index (χ2n) is 5.41. The van der Waals surface area contributed by atoms with Gasteiger partial charge < -0.3 is 10.1 Å². The lowest BCUT2D eigenvalue weighted by Crippen LogP contribution is -2.48. The van der Waals surface area contributed by atoms with Crippen LogP contribution < -0.4 is 5.32 Å².